The molecular weight excluding hydrogens is 398 g/mol. The summed E-state index contributed by atoms with van der Waals surface area (Å²) in [5, 5.41) is 1.23. The molecule has 5 rings (SSSR count). The first-order chi connectivity index (χ1) is 14.6. The number of piperazine rings is 1. The molecule has 2 aliphatic rings. The summed E-state index contributed by atoms with van der Waals surface area (Å²) in [5.74, 6) is 1.42. The molecule has 0 atom stereocenters. The van der Waals surface area contributed by atoms with Gasteiger partial charge in [0, 0.05) is 62.3 Å². The number of Topliss-reactive ketones (excluding diaryl/α,β-unsaturated/α-hetero) is 1. The number of anilines is 1. The van der Waals surface area contributed by atoms with Gasteiger partial charge in [-0.3, -0.25) is 19.1 Å². The lowest BCUT2D eigenvalue weighted by molar-refractivity contribution is 0.0945. The number of ketones is 1. The van der Waals surface area contributed by atoms with Crippen LogP contribution in [-0.2, 0) is 13.0 Å². The van der Waals surface area contributed by atoms with Gasteiger partial charge >= 0.3 is 0 Å². The first kappa shape index (κ1) is 19.4. The van der Waals surface area contributed by atoms with E-state index >= 15 is 0 Å². The van der Waals surface area contributed by atoms with Crippen molar-refractivity contribution in [1.82, 2.24) is 18.8 Å². The number of carbonyl (C=O) groups is 1. The van der Waals surface area contributed by atoms with Gasteiger partial charge in [0.1, 0.15) is 5.82 Å². The lowest BCUT2D eigenvalue weighted by atomic mass is 10.1. The zero-order valence-electron chi connectivity index (χ0n) is 17.1. The predicted octanol–water partition coefficient (Wildman–Crippen LogP) is 2.50. The molecule has 8 heteroatoms. The highest BCUT2D eigenvalue weighted by Crippen LogP contribution is 2.29. The molecule has 1 fully saturated rings. The molecule has 0 unspecified atom stereocenters. The standard InChI is InChI=1S/C22H25N5O2S/c1-15-16(22(29)27-9-4-6-18(28)21(27)23-15)8-10-25-11-13-26(14-12-25)20-17-5-2-3-7-19(17)30-24-20/h2-3,5,7H,4,6,8-14H2,1H3. The van der Waals surface area contributed by atoms with Crippen LogP contribution in [-0.4, -0.2) is 57.3 Å². The van der Waals surface area contributed by atoms with Crippen LogP contribution in [0.4, 0.5) is 5.82 Å². The van der Waals surface area contributed by atoms with Crippen LogP contribution < -0.4 is 10.5 Å². The molecule has 2 aromatic heterocycles. The minimum Gasteiger partial charge on any atom is -0.353 e. The summed E-state index contributed by atoms with van der Waals surface area (Å²) in [5.41, 5.74) is 1.42. The Labute approximate surface area is 179 Å². The lowest BCUT2D eigenvalue weighted by Gasteiger charge is -2.35. The van der Waals surface area contributed by atoms with Gasteiger partial charge in [-0.05, 0) is 43.4 Å². The molecule has 30 heavy (non-hydrogen) atoms. The predicted molar refractivity (Wildman–Crippen MR) is 119 cm³/mol. The maximum atomic E-state index is 12.9. The fraction of sp³-hybridized carbons (Fsp3) is 0.455. The van der Waals surface area contributed by atoms with E-state index in [1.54, 1.807) is 16.1 Å². The lowest BCUT2D eigenvalue weighted by Crippen LogP contribution is -2.47. The number of rotatable bonds is 4. The van der Waals surface area contributed by atoms with Gasteiger partial charge in [-0.1, -0.05) is 12.1 Å². The summed E-state index contributed by atoms with van der Waals surface area (Å²) in [6.07, 6.45) is 1.89. The smallest absolute Gasteiger partial charge is 0.257 e. The zero-order chi connectivity index (χ0) is 20.7. The van der Waals surface area contributed by atoms with Gasteiger partial charge in [0.05, 0.1) is 4.70 Å². The molecule has 2 aliphatic heterocycles. The van der Waals surface area contributed by atoms with Crippen molar-refractivity contribution in [3.63, 3.8) is 0 Å². The van der Waals surface area contributed by atoms with Gasteiger partial charge in [-0.25, -0.2) is 4.98 Å². The fourth-order valence-electron chi connectivity index (χ4n) is 4.47. The molecule has 0 N–H and O–H groups in total. The Kier molecular flexibility index (Phi) is 5.12. The minimum atomic E-state index is -0.0295. The largest absolute Gasteiger partial charge is 0.353 e. The molecule has 0 saturated carbocycles. The molecule has 4 heterocycles. The number of benzene rings is 1. The third-order valence-corrected chi connectivity index (χ3v) is 7.03. The van der Waals surface area contributed by atoms with Crippen molar-refractivity contribution in [2.45, 2.75) is 32.7 Å². The van der Waals surface area contributed by atoms with E-state index in [4.69, 9.17) is 0 Å². The number of carbonyl (C=O) groups excluding carboxylic acids is 1. The summed E-state index contributed by atoms with van der Waals surface area (Å²) in [4.78, 5) is 34.2. The molecule has 156 valence electrons. The Balaban J connectivity index is 1.25. The Morgan fingerprint density at radius 3 is 2.70 bits per heavy atom. The van der Waals surface area contributed by atoms with Crippen LogP contribution in [0, 0.1) is 6.92 Å². The average molecular weight is 424 g/mol. The van der Waals surface area contributed by atoms with Crippen molar-refractivity contribution in [2.24, 2.45) is 0 Å². The van der Waals surface area contributed by atoms with Gasteiger partial charge in [0.15, 0.2) is 11.6 Å². The SMILES string of the molecule is Cc1nc2n(c(=O)c1CCN1CCN(c3nsc4ccccc34)CC1)CCCC2=O. The average Bonchev–Trinajstić information content (AvgIpc) is 3.19. The van der Waals surface area contributed by atoms with Gasteiger partial charge in [-0.2, -0.15) is 4.37 Å². The Morgan fingerprint density at radius 2 is 1.87 bits per heavy atom. The van der Waals surface area contributed by atoms with Crippen LogP contribution in [0.1, 0.15) is 34.7 Å². The van der Waals surface area contributed by atoms with Gasteiger partial charge in [-0.15, -0.1) is 0 Å². The summed E-state index contributed by atoms with van der Waals surface area (Å²) in [7, 11) is 0. The molecule has 0 spiro atoms. The van der Waals surface area contributed by atoms with E-state index < -0.39 is 0 Å². The first-order valence-electron chi connectivity index (χ1n) is 10.6. The van der Waals surface area contributed by atoms with Crippen molar-refractivity contribution in [1.29, 1.82) is 0 Å². The number of hydrogen-bond donors (Lipinski definition) is 0. The third kappa shape index (κ3) is 3.44. The molecule has 0 aliphatic carbocycles. The molecular formula is C22H25N5O2S. The minimum absolute atomic E-state index is 0.0151. The second kappa shape index (κ2) is 7.92. The number of fused-ring (bicyclic) bond motifs is 2. The zero-order valence-corrected chi connectivity index (χ0v) is 18.0. The maximum Gasteiger partial charge on any atom is 0.257 e. The Hall–Kier alpha value is -2.58. The number of hydrogen-bond acceptors (Lipinski definition) is 7. The highest BCUT2D eigenvalue weighted by atomic mass is 32.1. The molecule has 3 aromatic rings. The van der Waals surface area contributed by atoms with E-state index in [1.807, 2.05) is 6.92 Å². The highest BCUT2D eigenvalue weighted by Gasteiger charge is 2.24. The van der Waals surface area contributed by atoms with Crippen molar-refractivity contribution in [2.75, 3.05) is 37.6 Å². The molecule has 0 radical (unpaired) electrons. The second-order valence-corrected chi connectivity index (χ2v) is 8.87. The summed E-state index contributed by atoms with van der Waals surface area (Å²) >= 11 is 1.56. The Morgan fingerprint density at radius 1 is 1.07 bits per heavy atom. The highest BCUT2D eigenvalue weighted by molar-refractivity contribution is 7.13. The summed E-state index contributed by atoms with van der Waals surface area (Å²) < 4.78 is 7.49. The molecule has 0 amide bonds. The molecule has 7 nitrogen and oxygen atoms in total. The van der Waals surface area contributed by atoms with Crippen LogP contribution in [0.15, 0.2) is 29.1 Å². The maximum absolute atomic E-state index is 12.9. The monoisotopic (exact) mass is 423 g/mol. The van der Waals surface area contributed by atoms with Crippen LogP contribution in [0.5, 0.6) is 0 Å². The van der Waals surface area contributed by atoms with Crippen LogP contribution >= 0.6 is 11.5 Å². The van der Waals surface area contributed by atoms with Crippen molar-refractivity contribution in [3.8, 4) is 0 Å². The Bertz CT molecular complexity index is 1160. The third-order valence-electron chi connectivity index (χ3n) is 6.21. The van der Waals surface area contributed by atoms with E-state index in [-0.39, 0.29) is 11.3 Å². The number of nitrogens with zero attached hydrogens (tertiary/aromatic N) is 5. The summed E-state index contributed by atoms with van der Waals surface area (Å²) in [6.45, 7) is 7.04. The van der Waals surface area contributed by atoms with Gasteiger partial charge < -0.3 is 4.90 Å². The van der Waals surface area contributed by atoms with E-state index in [1.165, 1.54) is 10.1 Å². The van der Waals surface area contributed by atoms with Crippen LogP contribution in [0.2, 0.25) is 0 Å². The molecule has 1 aromatic carbocycles. The quantitative estimate of drug-likeness (QED) is 0.642. The van der Waals surface area contributed by atoms with Crippen LogP contribution in [0.25, 0.3) is 10.1 Å². The molecule has 0 bridgehead atoms. The number of aromatic nitrogens is 3. The van der Waals surface area contributed by atoms with E-state index in [9.17, 15) is 9.59 Å². The van der Waals surface area contributed by atoms with Crippen molar-refractivity contribution < 1.29 is 4.79 Å². The topological polar surface area (TPSA) is 71.3 Å². The first-order valence-corrected chi connectivity index (χ1v) is 11.3. The van der Waals surface area contributed by atoms with E-state index in [0.29, 0.717) is 30.9 Å². The normalized spacial score (nSPS) is 17.5. The molecule has 1 saturated heterocycles. The van der Waals surface area contributed by atoms with Crippen molar-refractivity contribution >= 4 is 33.2 Å². The second-order valence-electron chi connectivity index (χ2n) is 8.06. The summed E-state index contributed by atoms with van der Waals surface area (Å²) in [6, 6.07) is 8.38. The van der Waals surface area contributed by atoms with E-state index in [2.05, 4.69) is 43.4 Å². The van der Waals surface area contributed by atoms with E-state index in [0.717, 1.165) is 50.5 Å². The number of aryl methyl sites for hydroxylation is 1. The van der Waals surface area contributed by atoms with Crippen LogP contribution in [0.3, 0.4) is 0 Å². The fourth-order valence-corrected chi connectivity index (χ4v) is 5.27. The van der Waals surface area contributed by atoms with Gasteiger partial charge in [0.25, 0.3) is 5.56 Å². The van der Waals surface area contributed by atoms with Gasteiger partial charge in [0.2, 0.25) is 0 Å². The van der Waals surface area contributed by atoms with Crippen molar-refractivity contribution in [3.05, 3.63) is 51.7 Å².